The Kier molecular flexibility index (Phi) is 3.10. The lowest BCUT2D eigenvalue weighted by Gasteiger charge is -2.12. The van der Waals surface area contributed by atoms with Crippen LogP contribution in [0.1, 0.15) is 16.8 Å². The lowest BCUT2D eigenvalue weighted by Crippen LogP contribution is -2.40. The Hall–Kier alpha value is -2.43. The fourth-order valence-corrected chi connectivity index (χ4v) is 2.41. The molecule has 5 nitrogen and oxygen atoms in total. The molecule has 1 N–H and O–H groups in total. The largest absolute Gasteiger partial charge is 0.344 e. The monoisotopic (exact) mass is 269 g/mol. The van der Waals surface area contributed by atoms with Crippen LogP contribution in [0.5, 0.6) is 0 Å². The summed E-state index contributed by atoms with van der Waals surface area (Å²) in [6.07, 6.45) is 2.38. The Morgan fingerprint density at radius 2 is 2.25 bits per heavy atom. The van der Waals surface area contributed by atoms with Crippen LogP contribution in [0, 0.1) is 0 Å². The topological polar surface area (TPSA) is 62.3 Å². The number of hydrogen-bond acceptors (Lipinski definition) is 3. The van der Waals surface area contributed by atoms with Crippen LogP contribution in [-0.4, -0.2) is 41.3 Å². The van der Waals surface area contributed by atoms with Gasteiger partial charge >= 0.3 is 0 Å². The van der Waals surface area contributed by atoms with E-state index in [0.717, 1.165) is 10.9 Å². The molecule has 3 rings (SSSR count). The van der Waals surface area contributed by atoms with Crippen molar-refractivity contribution in [2.75, 3.05) is 13.6 Å². The van der Waals surface area contributed by atoms with Crippen molar-refractivity contribution in [2.24, 2.45) is 0 Å². The van der Waals surface area contributed by atoms with E-state index < -0.39 is 6.04 Å². The van der Waals surface area contributed by atoms with E-state index >= 15 is 0 Å². The molecule has 0 unspecified atom stereocenters. The molecule has 2 amide bonds. The van der Waals surface area contributed by atoms with E-state index in [4.69, 9.17) is 0 Å². The zero-order valence-corrected chi connectivity index (χ0v) is 11.2. The summed E-state index contributed by atoms with van der Waals surface area (Å²) in [7, 11) is 1.75. The van der Waals surface area contributed by atoms with Crippen LogP contribution in [0.3, 0.4) is 0 Å². The van der Waals surface area contributed by atoms with Gasteiger partial charge in [-0.25, -0.2) is 0 Å². The molecular weight excluding hydrogens is 254 g/mol. The van der Waals surface area contributed by atoms with Crippen LogP contribution in [-0.2, 0) is 4.79 Å². The SMILES string of the molecule is CN1CC[C@H](NC(=O)c2ccc3ncccc3c2)C1=O. The molecule has 1 aromatic heterocycles. The van der Waals surface area contributed by atoms with Gasteiger partial charge in [-0.2, -0.15) is 0 Å². The molecular formula is C15H15N3O2. The highest BCUT2D eigenvalue weighted by Crippen LogP contribution is 2.14. The van der Waals surface area contributed by atoms with Crippen molar-refractivity contribution in [1.29, 1.82) is 0 Å². The number of fused-ring (bicyclic) bond motifs is 1. The first-order chi connectivity index (χ1) is 9.65. The first-order valence-corrected chi connectivity index (χ1v) is 6.56. The van der Waals surface area contributed by atoms with Crippen LogP contribution in [0.15, 0.2) is 36.5 Å². The van der Waals surface area contributed by atoms with Gasteiger partial charge in [0.1, 0.15) is 6.04 Å². The van der Waals surface area contributed by atoms with Crippen molar-refractivity contribution in [1.82, 2.24) is 15.2 Å². The fraction of sp³-hybridized carbons (Fsp3) is 0.267. The Labute approximate surface area is 116 Å². The predicted octanol–water partition coefficient (Wildman–Crippen LogP) is 1.20. The number of likely N-dealkylation sites (tertiary alicyclic amines) is 1. The van der Waals surface area contributed by atoms with Gasteiger partial charge in [-0.15, -0.1) is 0 Å². The highest BCUT2D eigenvalue weighted by molar-refractivity contribution is 6.00. The second kappa shape index (κ2) is 4.92. The molecule has 0 spiro atoms. The summed E-state index contributed by atoms with van der Waals surface area (Å²) >= 11 is 0. The molecule has 0 saturated carbocycles. The van der Waals surface area contributed by atoms with Gasteiger partial charge in [0.15, 0.2) is 0 Å². The number of likely N-dealkylation sites (N-methyl/N-ethyl adjacent to an activating group) is 1. The zero-order chi connectivity index (χ0) is 14.1. The average molecular weight is 269 g/mol. The van der Waals surface area contributed by atoms with Crippen molar-refractivity contribution in [2.45, 2.75) is 12.5 Å². The van der Waals surface area contributed by atoms with Crippen molar-refractivity contribution >= 4 is 22.7 Å². The molecule has 0 radical (unpaired) electrons. The molecule has 102 valence electrons. The molecule has 1 saturated heterocycles. The average Bonchev–Trinajstić information content (AvgIpc) is 2.78. The van der Waals surface area contributed by atoms with Gasteiger partial charge in [-0.3, -0.25) is 14.6 Å². The molecule has 1 aromatic carbocycles. The van der Waals surface area contributed by atoms with Crippen molar-refractivity contribution in [3.63, 3.8) is 0 Å². The highest BCUT2D eigenvalue weighted by atomic mass is 16.2. The Bertz CT molecular complexity index is 684. The molecule has 2 aromatic rings. The summed E-state index contributed by atoms with van der Waals surface area (Å²) in [5.74, 6) is -0.245. The second-order valence-corrected chi connectivity index (χ2v) is 4.99. The molecule has 1 aliphatic heterocycles. The van der Waals surface area contributed by atoms with E-state index in [2.05, 4.69) is 10.3 Å². The summed E-state index contributed by atoms with van der Waals surface area (Å²) in [6, 6.07) is 8.67. The minimum absolute atomic E-state index is 0.0270. The van der Waals surface area contributed by atoms with Gasteiger partial charge in [-0.05, 0) is 30.7 Å². The van der Waals surface area contributed by atoms with Crippen LogP contribution in [0.4, 0.5) is 0 Å². The summed E-state index contributed by atoms with van der Waals surface area (Å²) in [6.45, 7) is 0.686. The molecule has 1 atom stereocenters. The van der Waals surface area contributed by atoms with Gasteiger partial charge in [0.2, 0.25) is 5.91 Å². The lowest BCUT2D eigenvalue weighted by molar-refractivity contribution is -0.128. The molecule has 1 aliphatic rings. The van der Waals surface area contributed by atoms with E-state index in [1.807, 2.05) is 18.2 Å². The predicted molar refractivity (Wildman–Crippen MR) is 75.3 cm³/mol. The number of carbonyl (C=O) groups is 2. The maximum absolute atomic E-state index is 12.2. The molecule has 0 bridgehead atoms. The third-order valence-corrected chi connectivity index (χ3v) is 3.60. The van der Waals surface area contributed by atoms with E-state index in [1.54, 1.807) is 30.3 Å². The first kappa shape index (κ1) is 12.6. The van der Waals surface area contributed by atoms with Gasteiger partial charge in [-0.1, -0.05) is 6.07 Å². The third kappa shape index (κ3) is 2.22. The molecule has 5 heteroatoms. The van der Waals surface area contributed by atoms with Crippen LogP contribution < -0.4 is 5.32 Å². The Morgan fingerprint density at radius 3 is 3.00 bits per heavy atom. The standard InChI is InChI=1S/C15H15N3O2/c1-18-8-6-13(15(18)20)17-14(19)11-4-5-12-10(9-11)3-2-7-16-12/h2-5,7,9,13H,6,8H2,1H3,(H,17,19)/t13-/m0/s1. The number of nitrogens with one attached hydrogen (secondary N) is 1. The van der Waals surface area contributed by atoms with Gasteiger partial charge in [0.05, 0.1) is 5.52 Å². The smallest absolute Gasteiger partial charge is 0.251 e. The molecule has 2 heterocycles. The first-order valence-electron chi connectivity index (χ1n) is 6.56. The number of carbonyl (C=O) groups excluding carboxylic acids is 2. The number of rotatable bonds is 2. The lowest BCUT2D eigenvalue weighted by atomic mass is 10.1. The van der Waals surface area contributed by atoms with E-state index in [1.165, 1.54) is 0 Å². The fourth-order valence-electron chi connectivity index (χ4n) is 2.41. The van der Waals surface area contributed by atoms with Crippen LogP contribution in [0.25, 0.3) is 10.9 Å². The molecule has 0 aliphatic carbocycles. The summed E-state index contributed by atoms with van der Waals surface area (Å²) in [5, 5.41) is 3.70. The third-order valence-electron chi connectivity index (χ3n) is 3.60. The zero-order valence-electron chi connectivity index (χ0n) is 11.2. The van der Waals surface area contributed by atoms with E-state index in [0.29, 0.717) is 18.5 Å². The van der Waals surface area contributed by atoms with Crippen molar-refractivity contribution < 1.29 is 9.59 Å². The Balaban J connectivity index is 1.80. The minimum Gasteiger partial charge on any atom is -0.344 e. The van der Waals surface area contributed by atoms with E-state index in [9.17, 15) is 9.59 Å². The molecule has 1 fully saturated rings. The Morgan fingerprint density at radius 1 is 1.40 bits per heavy atom. The minimum atomic E-state index is -0.405. The number of pyridine rings is 1. The number of aromatic nitrogens is 1. The summed E-state index contributed by atoms with van der Waals surface area (Å²) in [5.41, 5.74) is 1.40. The maximum Gasteiger partial charge on any atom is 0.251 e. The van der Waals surface area contributed by atoms with Gasteiger partial charge < -0.3 is 10.2 Å². The van der Waals surface area contributed by atoms with Crippen molar-refractivity contribution in [3.8, 4) is 0 Å². The number of hydrogen-bond donors (Lipinski definition) is 1. The quantitative estimate of drug-likeness (QED) is 0.891. The molecule has 20 heavy (non-hydrogen) atoms. The number of nitrogens with zero attached hydrogens (tertiary/aromatic N) is 2. The summed E-state index contributed by atoms with van der Waals surface area (Å²) in [4.78, 5) is 29.8. The number of benzene rings is 1. The highest BCUT2D eigenvalue weighted by Gasteiger charge is 2.30. The normalized spacial score (nSPS) is 18.6. The number of amides is 2. The maximum atomic E-state index is 12.2. The summed E-state index contributed by atoms with van der Waals surface area (Å²) < 4.78 is 0. The van der Waals surface area contributed by atoms with E-state index in [-0.39, 0.29) is 11.8 Å². The van der Waals surface area contributed by atoms with Gasteiger partial charge in [0.25, 0.3) is 5.91 Å². The second-order valence-electron chi connectivity index (χ2n) is 4.99. The van der Waals surface area contributed by atoms with Crippen LogP contribution in [0.2, 0.25) is 0 Å². The van der Waals surface area contributed by atoms with Gasteiger partial charge in [0, 0.05) is 30.7 Å². The van der Waals surface area contributed by atoms with Crippen LogP contribution >= 0.6 is 0 Å². The van der Waals surface area contributed by atoms with Crippen molar-refractivity contribution in [3.05, 3.63) is 42.1 Å².